The summed E-state index contributed by atoms with van der Waals surface area (Å²) < 4.78 is 7.56. The van der Waals surface area contributed by atoms with Crippen molar-refractivity contribution in [2.45, 2.75) is 44.2 Å². The highest BCUT2D eigenvalue weighted by Crippen LogP contribution is 2.35. The summed E-state index contributed by atoms with van der Waals surface area (Å²) in [5.74, 6) is 0.655. The number of ether oxygens (including phenoxy) is 1. The molecule has 3 aliphatic rings. The summed E-state index contributed by atoms with van der Waals surface area (Å²) in [7, 11) is 0. The van der Waals surface area contributed by atoms with Gasteiger partial charge in [-0.05, 0) is 31.6 Å². The summed E-state index contributed by atoms with van der Waals surface area (Å²) >= 11 is 0. The quantitative estimate of drug-likeness (QED) is 0.812. The molecular formula is C18H26N4O2. The highest BCUT2D eigenvalue weighted by atomic mass is 16.5. The van der Waals surface area contributed by atoms with Crippen LogP contribution in [0.5, 0.6) is 0 Å². The van der Waals surface area contributed by atoms with Crippen LogP contribution in [0.3, 0.4) is 0 Å². The zero-order chi connectivity index (χ0) is 16.4. The van der Waals surface area contributed by atoms with Gasteiger partial charge in [0.25, 0.3) is 0 Å². The fourth-order valence-corrected chi connectivity index (χ4v) is 4.15. The molecule has 1 saturated heterocycles. The van der Waals surface area contributed by atoms with Gasteiger partial charge in [0.05, 0.1) is 17.6 Å². The molecule has 0 saturated carbocycles. The molecule has 2 aliphatic heterocycles. The fraction of sp³-hybridized carbons (Fsp3) is 0.667. The second kappa shape index (κ2) is 6.69. The molecule has 3 heterocycles. The molecule has 1 amide bonds. The van der Waals surface area contributed by atoms with Crippen molar-refractivity contribution >= 4 is 5.91 Å². The van der Waals surface area contributed by atoms with Gasteiger partial charge in [-0.2, -0.15) is 0 Å². The Morgan fingerprint density at radius 3 is 2.96 bits per heavy atom. The smallest absolute Gasteiger partial charge is 0.239 e. The average molecular weight is 330 g/mol. The lowest BCUT2D eigenvalue weighted by Gasteiger charge is -2.40. The third-order valence-electron chi connectivity index (χ3n) is 5.58. The number of hydrogen-bond donors (Lipinski definition) is 2. The standard InChI is InChI=1S/C18H26N4O2/c23-16(19-11-14-3-1-2-4-14)12-22-13-20-17-15(22)5-8-21-18(17)6-9-24-10-7-18/h1-2,13-14,21H,3-12H2,(H,19,23). The van der Waals surface area contributed by atoms with E-state index in [1.807, 2.05) is 10.9 Å². The predicted octanol–water partition coefficient (Wildman–Crippen LogP) is 1.12. The zero-order valence-electron chi connectivity index (χ0n) is 14.1. The van der Waals surface area contributed by atoms with E-state index in [1.165, 1.54) is 5.69 Å². The number of nitrogens with zero attached hydrogens (tertiary/aromatic N) is 2. The Labute approximate surface area is 142 Å². The first kappa shape index (κ1) is 15.8. The lowest BCUT2D eigenvalue weighted by molar-refractivity contribution is -0.121. The first-order chi connectivity index (χ1) is 11.8. The van der Waals surface area contributed by atoms with Gasteiger partial charge in [-0.1, -0.05) is 12.2 Å². The molecule has 0 aromatic carbocycles. The van der Waals surface area contributed by atoms with Crippen LogP contribution in [0.4, 0.5) is 0 Å². The summed E-state index contributed by atoms with van der Waals surface area (Å²) in [4.78, 5) is 17.0. The van der Waals surface area contributed by atoms with Crippen molar-refractivity contribution in [3.8, 4) is 0 Å². The molecule has 24 heavy (non-hydrogen) atoms. The molecule has 0 unspecified atom stereocenters. The number of imidazole rings is 1. The van der Waals surface area contributed by atoms with Crippen LogP contribution >= 0.6 is 0 Å². The molecule has 1 spiro atoms. The van der Waals surface area contributed by atoms with E-state index in [-0.39, 0.29) is 11.4 Å². The van der Waals surface area contributed by atoms with Gasteiger partial charge in [0.1, 0.15) is 6.54 Å². The number of aromatic nitrogens is 2. The molecule has 130 valence electrons. The van der Waals surface area contributed by atoms with Crippen molar-refractivity contribution in [2.75, 3.05) is 26.3 Å². The van der Waals surface area contributed by atoms with Crippen LogP contribution in [0.15, 0.2) is 18.5 Å². The summed E-state index contributed by atoms with van der Waals surface area (Å²) in [6.07, 6.45) is 11.2. The monoisotopic (exact) mass is 330 g/mol. The maximum atomic E-state index is 12.3. The molecule has 0 atom stereocenters. The van der Waals surface area contributed by atoms with Gasteiger partial charge in [-0.3, -0.25) is 4.79 Å². The Bertz CT molecular complexity index is 623. The SMILES string of the molecule is O=C(Cn1cnc2c1CCNC21CCOCC1)NCC1CC=CC1. The van der Waals surface area contributed by atoms with Gasteiger partial charge < -0.3 is 19.9 Å². The van der Waals surface area contributed by atoms with Crippen molar-refractivity contribution in [2.24, 2.45) is 5.92 Å². The number of amides is 1. The summed E-state index contributed by atoms with van der Waals surface area (Å²) in [6, 6.07) is 0. The van der Waals surface area contributed by atoms with Crippen LogP contribution in [0, 0.1) is 5.92 Å². The first-order valence-electron chi connectivity index (χ1n) is 9.06. The maximum Gasteiger partial charge on any atom is 0.239 e. The minimum atomic E-state index is -0.0525. The molecule has 6 heteroatoms. The van der Waals surface area contributed by atoms with Gasteiger partial charge >= 0.3 is 0 Å². The van der Waals surface area contributed by atoms with Crippen molar-refractivity contribution in [1.82, 2.24) is 20.2 Å². The lowest BCUT2D eigenvalue weighted by Crippen LogP contribution is -2.51. The number of hydrogen-bond acceptors (Lipinski definition) is 4. The Hall–Kier alpha value is -1.66. The van der Waals surface area contributed by atoms with Gasteiger partial charge in [0.15, 0.2) is 0 Å². The third-order valence-corrected chi connectivity index (χ3v) is 5.58. The van der Waals surface area contributed by atoms with Crippen LogP contribution in [-0.2, 0) is 28.0 Å². The van der Waals surface area contributed by atoms with E-state index in [4.69, 9.17) is 4.74 Å². The minimum Gasteiger partial charge on any atom is -0.381 e. The van der Waals surface area contributed by atoms with Crippen LogP contribution < -0.4 is 10.6 Å². The molecule has 1 aliphatic carbocycles. The minimum absolute atomic E-state index is 0.0525. The maximum absolute atomic E-state index is 12.3. The number of carbonyl (C=O) groups excluding carboxylic acids is 1. The van der Waals surface area contributed by atoms with Crippen LogP contribution in [-0.4, -0.2) is 41.8 Å². The normalized spacial score (nSPS) is 22.7. The number of allylic oxidation sites excluding steroid dienone is 2. The summed E-state index contributed by atoms with van der Waals surface area (Å²) in [6.45, 7) is 3.62. The summed E-state index contributed by atoms with van der Waals surface area (Å²) in [5.41, 5.74) is 2.29. The van der Waals surface area contributed by atoms with Crippen LogP contribution in [0.2, 0.25) is 0 Å². The average Bonchev–Trinajstić information content (AvgIpc) is 3.25. The Balaban J connectivity index is 1.42. The molecule has 0 radical (unpaired) electrons. The number of fused-ring (bicyclic) bond motifs is 2. The number of rotatable bonds is 4. The van der Waals surface area contributed by atoms with E-state index in [1.54, 1.807) is 0 Å². The third kappa shape index (κ3) is 3.00. The lowest BCUT2D eigenvalue weighted by atomic mass is 9.82. The van der Waals surface area contributed by atoms with Gasteiger partial charge in [0, 0.05) is 38.4 Å². The highest BCUT2D eigenvalue weighted by molar-refractivity contribution is 5.75. The van der Waals surface area contributed by atoms with Crippen molar-refractivity contribution in [1.29, 1.82) is 0 Å². The molecule has 1 aromatic heterocycles. The van der Waals surface area contributed by atoms with Crippen molar-refractivity contribution < 1.29 is 9.53 Å². The predicted molar refractivity (Wildman–Crippen MR) is 90.5 cm³/mol. The number of carbonyl (C=O) groups is 1. The highest BCUT2D eigenvalue weighted by Gasteiger charge is 2.40. The van der Waals surface area contributed by atoms with E-state index in [2.05, 4.69) is 27.8 Å². The summed E-state index contributed by atoms with van der Waals surface area (Å²) in [5, 5.41) is 6.73. The van der Waals surface area contributed by atoms with Gasteiger partial charge in [-0.15, -0.1) is 0 Å². The molecule has 6 nitrogen and oxygen atoms in total. The van der Waals surface area contributed by atoms with E-state index in [9.17, 15) is 4.79 Å². The Kier molecular flexibility index (Phi) is 4.41. The molecule has 4 rings (SSSR count). The Morgan fingerprint density at radius 1 is 1.38 bits per heavy atom. The first-order valence-corrected chi connectivity index (χ1v) is 9.06. The Morgan fingerprint density at radius 2 is 2.17 bits per heavy atom. The second-order valence-corrected chi connectivity index (χ2v) is 7.15. The van der Waals surface area contributed by atoms with E-state index in [0.717, 1.165) is 64.1 Å². The molecular weight excluding hydrogens is 304 g/mol. The topological polar surface area (TPSA) is 68.2 Å². The van der Waals surface area contributed by atoms with Crippen molar-refractivity contribution in [3.63, 3.8) is 0 Å². The van der Waals surface area contributed by atoms with E-state index in [0.29, 0.717) is 12.5 Å². The van der Waals surface area contributed by atoms with E-state index >= 15 is 0 Å². The van der Waals surface area contributed by atoms with Crippen molar-refractivity contribution in [3.05, 3.63) is 29.9 Å². The second-order valence-electron chi connectivity index (χ2n) is 7.15. The number of nitrogens with one attached hydrogen (secondary N) is 2. The van der Waals surface area contributed by atoms with Gasteiger partial charge in [0.2, 0.25) is 5.91 Å². The molecule has 2 N–H and O–H groups in total. The van der Waals surface area contributed by atoms with Crippen LogP contribution in [0.25, 0.3) is 0 Å². The largest absolute Gasteiger partial charge is 0.381 e. The molecule has 1 aromatic rings. The van der Waals surface area contributed by atoms with E-state index < -0.39 is 0 Å². The molecule has 0 bridgehead atoms. The molecule has 1 fully saturated rings. The fourth-order valence-electron chi connectivity index (χ4n) is 4.15. The zero-order valence-corrected chi connectivity index (χ0v) is 14.1. The van der Waals surface area contributed by atoms with Gasteiger partial charge in [-0.25, -0.2) is 4.98 Å². The van der Waals surface area contributed by atoms with Crippen LogP contribution in [0.1, 0.15) is 37.1 Å².